The van der Waals surface area contributed by atoms with Crippen LogP contribution in [0.1, 0.15) is 64.9 Å². The normalized spacial score (nSPS) is 23.0. The molecule has 3 atom stereocenters. The smallest absolute Gasteiger partial charge is 0.243 e. The number of aliphatic hydroxyl groups excluding tert-OH is 1. The maximum absolute atomic E-state index is 13.8. The third-order valence-corrected chi connectivity index (χ3v) is 8.96. The van der Waals surface area contributed by atoms with Crippen LogP contribution in [0.25, 0.3) is 10.8 Å². The van der Waals surface area contributed by atoms with Crippen LogP contribution in [-0.2, 0) is 20.8 Å². The van der Waals surface area contributed by atoms with Crippen molar-refractivity contribution in [1.29, 1.82) is 0 Å². The van der Waals surface area contributed by atoms with Crippen molar-refractivity contribution >= 4 is 29.0 Å². The van der Waals surface area contributed by atoms with E-state index in [4.69, 9.17) is 5.73 Å². The minimum atomic E-state index is -0.872. The van der Waals surface area contributed by atoms with Crippen molar-refractivity contribution in [2.24, 2.45) is 23.0 Å². The Labute approximate surface area is 238 Å². The summed E-state index contributed by atoms with van der Waals surface area (Å²) in [6.07, 6.45) is 4.89. The number of rotatable bonds is 10. The van der Waals surface area contributed by atoms with E-state index in [1.165, 1.54) is 4.90 Å². The fourth-order valence-electron chi connectivity index (χ4n) is 6.45. The molecular formula is C32H46N4O4. The van der Waals surface area contributed by atoms with E-state index in [0.29, 0.717) is 25.3 Å². The van der Waals surface area contributed by atoms with Crippen LogP contribution in [0.4, 0.5) is 0 Å². The number of likely N-dealkylation sites (tertiary alicyclic amines) is 1. The molecule has 0 aromatic heterocycles. The van der Waals surface area contributed by atoms with Crippen molar-refractivity contribution in [3.8, 4) is 0 Å². The van der Waals surface area contributed by atoms with Crippen molar-refractivity contribution in [3.05, 3.63) is 48.0 Å². The highest BCUT2D eigenvalue weighted by Gasteiger charge is 2.42. The van der Waals surface area contributed by atoms with Crippen LogP contribution in [0, 0.1) is 17.3 Å². The Kier molecular flexibility index (Phi) is 9.85. The van der Waals surface area contributed by atoms with E-state index in [0.717, 1.165) is 54.9 Å². The van der Waals surface area contributed by atoms with E-state index in [1.54, 1.807) is 0 Å². The zero-order valence-electron chi connectivity index (χ0n) is 24.2. The van der Waals surface area contributed by atoms with Gasteiger partial charge in [0, 0.05) is 32.0 Å². The standard InChI is InChI=1S/C32H46N4O4/c1-32(2,3)26-14-12-24(13-15-26)31(40)35-16-6-9-29(35)36(21-37)28(30(39)34-20-27(38)19-33)18-22-10-11-23-7-4-5-8-25(23)17-22/h4-5,7-8,10-11,17,21,24,26-29,38H,6,9,12-16,18-20,33H2,1-3H3,(H,34,39)/t24?,26?,27?,28-,29?/m1/s1. The number of benzene rings is 2. The van der Waals surface area contributed by atoms with Gasteiger partial charge < -0.3 is 26.0 Å². The fourth-order valence-corrected chi connectivity index (χ4v) is 6.45. The lowest BCUT2D eigenvalue weighted by Gasteiger charge is -2.41. The van der Waals surface area contributed by atoms with Crippen molar-refractivity contribution in [3.63, 3.8) is 0 Å². The number of carbonyl (C=O) groups is 3. The number of fused-ring (bicyclic) bond motifs is 1. The summed E-state index contributed by atoms with van der Waals surface area (Å²) in [5.41, 5.74) is 6.69. The number of hydrogen-bond acceptors (Lipinski definition) is 5. The zero-order chi connectivity index (χ0) is 28.9. The summed E-state index contributed by atoms with van der Waals surface area (Å²) in [5, 5.41) is 14.9. The quantitative estimate of drug-likeness (QED) is 0.392. The monoisotopic (exact) mass is 550 g/mol. The molecule has 8 heteroatoms. The van der Waals surface area contributed by atoms with Gasteiger partial charge in [-0.2, -0.15) is 0 Å². The summed E-state index contributed by atoms with van der Waals surface area (Å²) in [5.74, 6) is 0.305. The lowest BCUT2D eigenvalue weighted by Crippen LogP contribution is -2.57. The number of carbonyl (C=O) groups excluding carboxylic acids is 3. The van der Waals surface area contributed by atoms with E-state index in [9.17, 15) is 19.5 Å². The van der Waals surface area contributed by atoms with Gasteiger partial charge in [-0.3, -0.25) is 14.4 Å². The number of nitrogens with zero attached hydrogens (tertiary/aromatic N) is 2. The molecule has 1 aliphatic heterocycles. The Morgan fingerprint density at radius 2 is 1.80 bits per heavy atom. The van der Waals surface area contributed by atoms with Crippen LogP contribution in [-0.4, -0.2) is 71.1 Å². The summed E-state index contributed by atoms with van der Waals surface area (Å²) >= 11 is 0. The highest BCUT2D eigenvalue weighted by molar-refractivity contribution is 5.86. The molecule has 2 fully saturated rings. The maximum Gasteiger partial charge on any atom is 0.243 e. The van der Waals surface area contributed by atoms with Crippen LogP contribution in [0.3, 0.4) is 0 Å². The first-order chi connectivity index (χ1) is 19.1. The molecule has 218 valence electrons. The molecule has 2 aromatic rings. The Morgan fingerprint density at radius 3 is 2.45 bits per heavy atom. The van der Waals surface area contributed by atoms with Gasteiger partial charge in [-0.15, -0.1) is 0 Å². The molecule has 2 aliphatic rings. The largest absolute Gasteiger partial charge is 0.390 e. The summed E-state index contributed by atoms with van der Waals surface area (Å²) in [6, 6.07) is 13.2. The van der Waals surface area contributed by atoms with Gasteiger partial charge in [0.05, 0.1) is 6.10 Å². The van der Waals surface area contributed by atoms with E-state index >= 15 is 0 Å². The molecule has 8 nitrogen and oxygen atoms in total. The average molecular weight is 551 g/mol. The average Bonchev–Trinajstić information content (AvgIpc) is 3.44. The second-order valence-corrected chi connectivity index (χ2v) is 12.7. The molecule has 1 saturated carbocycles. The number of hydrogen-bond donors (Lipinski definition) is 3. The van der Waals surface area contributed by atoms with Crippen molar-refractivity contribution < 1.29 is 19.5 Å². The minimum absolute atomic E-state index is 0.000575. The summed E-state index contributed by atoms with van der Waals surface area (Å²) in [7, 11) is 0. The number of nitrogens with one attached hydrogen (secondary N) is 1. The second kappa shape index (κ2) is 13.1. The molecule has 1 saturated heterocycles. The third-order valence-electron chi connectivity index (χ3n) is 8.96. The fraction of sp³-hybridized carbons (Fsp3) is 0.594. The van der Waals surface area contributed by atoms with Gasteiger partial charge in [0.1, 0.15) is 12.2 Å². The molecule has 40 heavy (non-hydrogen) atoms. The molecule has 0 spiro atoms. The molecule has 4 N–H and O–H groups in total. The molecule has 4 rings (SSSR count). The van der Waals surface area contributed by atoms with Crippen molar-refractivity contribution in [2.45, 2.75) is 84.0 Å². The van der Waals surface area contributed by atoms with Gasteiger partial charge in [0.15, 0.2) is 0 Å². The number of nitrogens with two attached hydrogens (primary N) is 1. The van der Waals surface area contributed by atoms with E-state index in [-0.39, 0.29) is 36.2 Å². The molecule has 0 radical (unpaired) electrons. The van der Waals surface area contributed by atoms with Crippen LogP contribution in [0.2, 0.25) is 0 Å². The second-order valence-electron chi connectivity index (χ2n) is 12.7. The predicted octanol–water partition coefficient (Wildman–Crippen LogP) is 3.45. The minimum Gasteiger partial charge on any atom is -0.390 e. The SMILES string of the molecule is CC(C)(C)C1CCC(C(=O)N2CCCC2N(C=O)[C@H](Cc2ccc3ccccc3c2)C(=O)NCC(O)CN)CC1. The van der Waals surface area contributed by atoms with E-state index in [2.05, 4.69) is 26.1 Å². The summed E-state index contributed by atoms with van der Waals surface area (Å²) in [4.78, 5) is 43.3. The van der Waals surface area contributed by atoms with Crippen molar-refractivity contribution in [2.75, 3.05) is 19.6 Å². The first kappa shape index (κ1) is 30.0. The van der Waals surface area contributed by atoms with Crippen LogP contribution >= 0.6 is 0 Å². The molecular weight excluding hydrogens is 504 g/mol. The highest BCUT2D eigenvalue weighted by atomic mass is 16.3. The highest BCUT2D eigenvalue weighted by Crippen LogP contribution is 2.41. The summed E-state index contributed by atoms with van der Waals surface area (Å²) < 4.78 is 0. The molecule has 1 heterocycles. The van der Waals surface area contributed by atoms with Gasteiger partial charge in [0.25, 0.3) is 0 Å². The topological polar surface area (TPSA) is 116 Å². The lowest BCUT2D eigenvalue weighted by molar-refractivity contribution is -0.148. The van der Waals surface area contributed by atoms with Gasteiger partial charge in [-0.05, 0) is 66.2 Å². The Morgan fingerprint density at radius 1 is 1.10 bits per heavy atom. The maximum atomic E-state index is 13.8. The van der Waals surface area contributed by atoms with Gasteiger partial charge in [-0.25, -0.2) is 0 Å². The van der Waals surface area contributed by atoms with Crippen LogP contribution in [0.5, 0.6) is 0 Å². The van der Waals surface area contributed by atoms with Crippen molar-refractivity contribution in [1.82, 2.24) is 15.1 Å². The van der Waals surface area contributed by atoms with Gasteiger partial charge in [-0.1, -0.05) is 63.2 Å². The molecule has 2 unspecified atom stereocenters. The zero-order valence-corrected chi connectivity index (χ0v) is 24.2. The summed E-state index contributed by atoms with van der Waals surface area (Å²) in [6.45, 7) is 7.42. The first-order valence-corrected chi connectivity index (χ1v) is 14.8. The number of amides is 3. The predicted molar refractivity (Wildman–Crippen MR) is 157 cm³/mol. The molecule has 0 bridgehead atoms. The first-order valence-electron chi connectivity index (χ1n) is 14.8. The van der Waals surface area contributed by atoms with E-state index < -0.39 is 18.3 Å². The molecule has 1 aliphatic carbocycles. The Bertz CT molecular complexity index is 1170. The van der Waals surface area contributed by atoms with Crippen LogP contribution < -0.4 is 11.1 Å². The molecule has 3 amide bonds. The molecule has 2 aromatic carbocycles. The third kappa shape index (κ3) is 7.02. The van der Waals surface area contributed by atoms with Gasteiger partial charge >= 0.3 is 0 Å². The van der Waals surface area contributed by atoms with Gasteiger partial charge in [0.2, 0.25) is 18.2 Å². The lowest BCUT2D eigenvalue weighted by atomic mass is 9.69. The Balaban J connectivity index is 1.55. The number of aliphatic hydroxyl groups is 1. The van der Waals surface area contributed by atoms with E-state index in [1.807, 2.05) is 47.4 Å². The van der Waals surface area contributed by atoms with Crippen LogP contribution in [0.15, 0.2) is 42.5 Å². The Hall–Kier alpha value is -2.97.